The summed E-state index contributed by atoms with van der Waals surface area (Å²) in [4.78, 5) is 20.2. The molecule has 1 unspecified atom stereocenters. The normalized spacial score (nSPS) is 24.0. The Balaban J connectivity index is 1.20. The van der Waals surface area contributed by atoms with E-state index < -0.39 is 10.2 Å². The summed E-state index contributed by atoms with van der Waals surface area (Å²) in [6, 6.07) is 15.9. The maximum atomic E-state index is 13.4. The van der Waals surface area contributed by atoms with Crippen molar-refractivity contribution in [3.63, 3.8) is 0 Å². The van der Waals surface area contributed by atoms with Gasteiger partial charge in [-0.2, -0.15) is 12.7 Å². The summed E-state index contributed by atoms with van der Waals surface area (Å²) in [6.07, 6.45) is 3.91. The molecule has 1 amide bonds. The molecule has 3 aliphatic rings. The Morgan fingerprint density at radius 1 is 0.974 bits per heavy atom. The number of hydrogen-bond donors (Lipinski definition) is 1. The van der Waals surface area contributed by atoms with E-state index in [0.717, 1.165) is 76.1 Å². The van der Waals surface area contributed by atoms with Crippen molar-refractivity contribution >= 4 is 39.3 Å². The molecule has 212 valence electrons. The van der Waals surface area contributed by atoms with E-state index in [4.69, 9.17) is 28.3 Å². The van der Waals surface area contributed by atoms with Crippen LogP contribution in [0.3, 0.4) is 0 Å². The Morgan fingerprint density at radius 2 is 1.69 bits per heavy atom. The van der Waals surface area contributed by atoms with Crippen LogP contribution in [0.4, 0.5) is 0 Å². The fraction of sp³-hybridized carbons (Fsp3) is 0.536. The van der Waals surface area contributed by atoms with Crippen molar-refractivity contribution in [2.45, 2.75) is 37.1 Å². The lowest BCUT2D eigenvalue weighted by atomic mass is 9.70. The summed E-state index contributed by atoms with van der Waals surface area (Å²) in [7, 11) is -3.60. The molecule has 0 bridgehead atoms. The highest BCUT2D eigenvalue weighted by Gasteiger charge is 2.40. The first-order valence-corrected chi connectivity index (χ1v) is 15.9. The molecule has 5 rings (SSSR count). The van der Waals surface area contributed by atoms with E-state index in [1.54, 1.807) is 0 Å². The number of halogens is 2. The van der Waals surface area contributed by atoms with Gasteiger partial charge >= 0.3 is 0 Å². The van der Waals surface area contributed by atoms with Crippen LogP contribution < -0.4 is 5.14 Å². The first-order chi connectivity index (χ1) is 18.6. The van der Waals surface area contributed by atoms with Gasteiger partial charge in [0.1, 0.15) is 0 Å². The smallest absolute Gasteiger partial charge is 0.276 e. The van der Waals surface area contributed by atoms with Crippen molar-refractivity contribution in [1.82, 2.24) is 19.0 Å². The first-order valence-electron chi connectivity index (χ1n) is 13.7. The van der Waals surface area contributed by atoms with E-state index in [2.05, 4.69) is 15.9 Å². The van der Waals surface area contributed by atoms with Gasteiger partial charge in [0.2, 0.25) is 0 Å². The van der Waals surface area contributed by atoms with E-state index in [0.29, 0.717) is 35.7 Å². The number of nitrogens with two attached hydrogens (primary N) is 1. The molecule has 0 saturated carbocycles. The SMILES string of the molecule is NS(=O)(=O)N1CCN(C2CN(CCCC3(c4ccc(Cl)c(Cl)c4)CCCN(C(=O)c4ccccc4)C3)C2)CC1. The minimum absolute atomic E-state index is 0.0767. The van der Waals surface area contributed by atoms with Gasteiger partial charge < -0.3 is 9.80 Å². The van der Waals surface area contributed by atoms with E-state index >= 15 is 0 Å². The molecule has 11 heteroatoms. The van der Waals surface area contributed by atoms with Gasteiger partial charge in [-0.25, -0.2) is 5.14 Å². The van der Waals surface area contributed by atoms with E-state index in [1.165, 1.54) is 4.31 Å². The maximum absolute atomic E-state index is 13.4. The zero-order valence-corrected chi connectivity index (χ0v) is 24.5. The number of piperazine rings is 1. The number of hydrogen-bond acceptors (Lipinski definition) is 5. The van der Waals surface area contributed by atoms with Crippen LogP contribution in [0, 0.1) is 0 Å². The van der Waals surface area contributed by atoms with Crippen LogP contribution >= 0.6 is 23.2 Å². The molecule has 0 aromatic heterocycles. The lowest BCUT2D eigenvalue weighted by Crippen LogP contribution is -2.63. The lowest BCUT2D eigenvalue weighted by Gasteiger charge is -2.48. The van der Waals surface area contributed by atoms with Crippen molar-refractivity contribution in [1.29, 1.82) is 0 Å². The standard InChI is InChI=1S/C28H37Cl2N5O3S/c29-25-9-8-23(18-26(25)30)28(11-5-13-34(21-28)27(36)22-6-2-1-3-7-22)10-4-12-32-19-24(20-32)33-14-16-35(17-15-33)39(31,37)38/h1-3,6-9,18,24H,4-5,10-17,19-21H2,(H2,31,37,38). The number of rotatable bonds is 8. The molecule has 39 heavy (non-hydrogen) atoms. The average molecular weight is 595 g/mol. The van der Waals surface area contributed by atoms with Crippen LogP contribution in [0.1, 0.15) is 41.6 Å². The van der Waals surface area contributed by atoms with E-state index in [1.807, 2.05) is 47.4 Å². The summed E-state index contributed by atoms with van der Waals surface area (Å²) in [5.41, 5.74) is 1.70. The van der Waals surface area contributed by atoms with Gasteiger partial charge in [0.05, 0.1) is 10.0 Å². The second-order valence-corrected chi connectivity index (χ2v) is 13.5. The lowest BCUT2D eigenvalue weighted by molar-refractivity contribution is 0.0146. The quantitative estimate of drug-likeness (QED) is 0.506. The number of carbonyl (C=O) groups excluding carboxylic acids is 1. The van der Waals surface area contributed by atoms with Gasteiger partial charge in [-0.3, -0.25) is 9.69 Å². The molecule has 2 aromatic rings. The molecule has 0 aliphatic carbocycles. The van der Waals surface area contributed by atoms with Crippen LogP contribution in [0.2, 0.25) is 10.0 Å². The molecule has 8 nitrogen and oxygen atoms in total. The second kappa shape index (κ2) is 12.0. The van der Waals surface area contributed by atoms with Crippen molar-refractivity contribution in [3.05, 3.63) is 69.7 Å². The largest absolute Gasteiger partial charge is 0.338 e. The van der Waals surface area contributed by atoms with Gasteiger partial charge in [-0.1, -0.05) is 47.5 Å². The molecule has 1 atom stereocenters. The highest BCUT2D eigenvalue weighted by atomic mass is 35.5. The predicted octanol–water partition coefficient (Wildman–Crippen LogP) is 3.45. The van der Waals surface area contributed by atoms with Crippen molar-refractivity contribution in [3.8, 4) is 0 Å². The zero-order valence-electron chi connectivity index (χ0n) is 22.1. The Labute approximate surface area is 241 Å². The van der Waals surface area contributed by atoms with Gasteiger partial charge in [-0.05, 0) is 62.1 Å². The molecule has 3 saturated heterocycles. The third-order valence-electron chi connectivity index (χ3n) is 8.63. The summed E-state index contributed by atoms with van der Waals surface area (Å²) in [6.45, 7) is 6.75. The Morgan fingerprint density at radius 3 is 2.36 bits per heavy atom. The summed E-state index contributed by atoms with van der Waals surface area (Å²) in [5, 5.41) is 6.37. The van der Waals surface area contributed by atoms with Gasteiger partial charge in [0.15, 0.2) is 0 Å². The monoisotopic (exact) mass is 593 g/mol. The third kappa shape index (κ3) is 6.62. The topological polar surface area (TPSA) is 90.2 Å². The molecule has 2 N–H and O–H groups in total. The summed E-state index contributed by atoms with van der Waals surface area (Å²) in [5.74, 6) is 0.0767. The van der Waals surface area contributed by atoms with Gasteiger partial charge in [-0.15, -0.1) is 0 Å². The maximum Gasteiger partial charge on any atom is 0.276 e. The van der Waals surface area contributed by atoms with Crippen LogP contribution in [0.5, 0.6) is 0 Å². The first kappa shape index (κ1) is 28.8. The predicted molar refractivity (Wildman–Crippen MR) is 155 cm³/mol. The molecule has 0 radical (unpaired) electrons. The second-order valence-electron chi connectivity index (χ2n) is 11.1. The molecule has 0 spiro atoms. The molecular formula is C28H37Cl2N5O3S. The summed E-state index contributed by atoms with van der Waals surface area (Å²) >= 11 is 12.7. The van der Waals surface area contributed by atoms with Crippen molar-refractivity contribution in [2.24, 2.45) is 5.14 Å². The Hall–Kier alpha value is -1.72. The van der Waals surface area contributed by atoms with Crippen molar-refractivity contribution < 1.29 is 13.2 Å². The molecule has 3 fully saturated rings. The van der Waals surface area contributed by atoms with Crippen molar-refractivity contribution in [2.75, 3.05) is 58.9 Å². The highest BCUT2D eigenvalue weighted by molar-refractivity contribution is 7.86. The number of benzene rings is 2. The van der Waals surface area contributed by atoms with E-state index in [9.17, 15) is 13.2 Å². The zero-order chi connectivity index (χ0) is 27.6. The van der Waals surface area contributed by atoms with E-state index in [-0.39, 0.29) is 11.3 Å². The molecule has 3 heterocycles. The minimum atomic E-state index is -3.60. The highest BCUT2D eigenvalue weighted by Crippen LogP contribution is 2.41. The molecule has 2 aromatic carbocycles. The third-order valence-corrected chi connectivity index (χ3v) is 10.5. The fourth-order valence-corrected chi connectivity index (χ4v) is 7.37. The van der Waals surface area contributed by atoms with Crippen LogP contribution in [-0.4, -0.2) is 98.3 Å². The van der Waals surface area contributed by atoms with Crippen LogP contribution in [0.25, 0.3) is 0 Å². The van der Waals surface area contributed by atoms with Crippen LogP contribution in [0.15, 0.2) is 48.5 Å². The fourth-order valence-electron chi connectivity index (χ4n) is 6.40. The Bertz CT molecular complexity index is 1270. The number of carbonyl (C=O) groups is 1. The minimum Gasteiger partial charge on any atom is -0.338 e. The summed E-state index contributed by atoms with van der Waals surface area (Å²) < 4.78 is 24.5. The Kier molecular flexibility index (Phi) is 8.88. The van der Waals surface area contributed by atoms with Gasteiger partial charge in [0, 0.05) is 69.4 Å². The number of likely N-dealkylation sites (tertiary alicyclic amines) is 2. The molecule has 3 aliphatic heterocycles. The average Bonchev–Trinajstić information content (AvgIpc) is 2.91. The van der Waals surface area contributed by atoms with Crippen LogP contribution in [-0.2, 0) is 15.6 Å². The number of piperidine rings is 1. The van der Waals surface area contributed by atoms with Gasteiger partial charge in [0.25, 0.3) is 16.1 Å². The number of amides is 1. The molecular weight excluding hydrogens is 557 g/mol. The number of nitrogens with zero attached hydrogens (tertiary/aromatic N) is 4.